The second kappa shape index (κ2) is 8.74. The van der Waals surface area contributed by atoms with Crippen LogP contribution in [0.5, 0.6) is 0 Å². The molecule has 5 rings (SSSR count). The number of aromatic amines is 1. The maximum Gasteiger partial charge on any atom is 0.272 e. The predicted octanol–water partition coefficient (Wildman–Crippen LogP) is 5.12. The van der Waals surface area contributed by atoms with E-state index in [1.807, 2.05) is 61.5 Å². The molecule has 1 aliphatic rings. The zero-order valence-corrected chi connectivity index (χ0v) is 18.3. The molecule has 1 aliphatic heterocycles. The minimum Gasteiger partial charge on any atom is -0.354 e. The molecule has 0 spiro atoms. The van der Waals surface area contributed by atoms with Gasteiger partial charge in [-0.2, -0.15) is 5.10 Å². The number of hydrogen-bond acceptors (Lipinski definition) is 3. The van der Waals surface area contributed by atoms with E-state index in [9.17, 15) is 9.59 Å². The Hall–Kier alpha value is -4.19. The second-order valence-electron chi connectivity index (χ2n) is 8.34. The summed E-state index contributed by atoms with van der Waals surface area (Å²) in [4.78, 5) is 29.0. The highest BCUT2D eigenvalue weighted by atomic mass is 16.2. The molecule has 0 unspecified atom stereocenters. The summed E-state index contributed by atoms with van der Waals surface area (Å²) in [6.07, 6.45) is 3.24. The van der Waals surface area contributed by atoms with Crippen LogP contribution in [-0.4, -0.2) is 23.0 Å². The van der Waals surface area contributed by atoms with Gasteiger partial charge < -0.3 is 10.3 Å². The van der Waals surface area contributed by atoms with Gasteiger partial charge in [-0.1, -0.05) is 67.6 Å². The number of H-pyrrole nitrogens is 1. The van der Waals surface area contributed by atoms with Crippen LogP contribution in [0.1, 0.15) is 34.8 Å². The number of amides is 2. The van der Waals surface area contributed by atoms with Crippen molar-refractivity contribution in [2.24, 2.45) is 11.0 Å². The average Bonchev–Trinajstić information content (AvgIpc) is 3.12. The highest BCUT2D eigenvalue weighted by Gasteiger charge is 2.23. The van der Waals surface area contributed by atoms with Crippen molar-refractivity contribution in [2.45, 2.75) is 19.8 Å². The van der Waals surface area contributed by atoms with Crippen LogP contribution in [0.4, 0.5) is 5.69 Å². The van der Waals surface area contributed by atoms with E-state index in [-0.39, 0.29) is 17.7 Å². The fourth-order valence-electron chi connectivity index (χ4n) is 4.21. The summed E-state index contributed by atoms with van der Waals surface area (Å²) in [5.41, 5.74) is 8.33. The molecular weight excluding hydrogens is 412 g/mol. The largest absolute Gasteiger partial charge is 0.354 e. The molecule has 0 saturated carbocycles. The average molecular weight is 437 g/mol. The summed E-state index contributed by atoms with van der Waals surface area (Å²) in [6, 6.07) is 23.6. The molecule has 0 saturated heterocycles. The summed E-state index contributed by atoms with van der Waals surface area (Å²) in [5.74, 6) is -0.545. The lowest BCUT2D eigenvalue weighted by molar-refractivity contribution is -0.119. The van der Waals surface area contributed by atoms with Gasteiger partial charge in [-0.15, -0.1) is 0 Å². The number of benzene rings is 3. The molecule has 1 aromatic heterocycles. The summed E-state index contributed by atoms with van der Waals surface area (Å²) in [7, 11) is 0. The fourth-order valence-corrected chi connectivity index (χ4v) is 4.21. The van der Waals surface area contributed by atoms with Crippen molar-refractivity contribution in [1.82, 2.24) is 10.4 Å². The molecule has 2 amide bonds. The maximum absolute atomic E-state index is 12.9. The third-order valence-electron chi connectivity index (χ3n) is 6.03. The lowest BCUT2D eigenvalue weighted by atomic mass is 9.99. The number of carbonyl (C=O) groups excluding carboxylic acids is 2. The Morgan fingerprint density at radius 1 is 1.03 bits per heavy atom. The van der Waals surface area contributed by atoms with Crippen LogP contribution >= 0.6 is 0 Å². The second-order valence-corrected chi connectivity index (χ2v) is 8.34. The molecule has 1 atom stereocenters. The molecule has 0 bridgehead atoms. The molecular formula is C27H24N4O2. The van der Waals surface area contributed by atoms with E-state index < -0.39 is 0 Å². The SMILES string of the molecule is C[C@@H](CCc1ccccc1)C(=O)Nc1cc2c3c(c(-c4ccccc4)[nH]c3c1)C=NNC2=O. The summed E-state index contributed by atoms with van der Waals surface area (Å²) in [5, 5.41) is 7.88. The summed E-state index contributed by atoms with van der Waals surface area (Å²) in [6.45, 7) is 1.92. The number of rotatable bonds is 6. The van der Waals surface area contributed by atoms with Crippen molar-refractivity contribution in [3.05, 3.63) is 89.5 Å². The molecule has 33 heavy (non-hydrogen) atoms. The molecule has 0 radical (unpaired) electrons. The molecule has 2 heterocycles. The lowest BCUT2D eigenvalue weighted by Crippen LogP contribution is -2.22. The first-order valence-corrected chi connectivity index (χ1v) is 11.0. The van der Waals surface area contributed by atoms with Crippen LogP contribution in [0.25, 0.3) is 22.2 Å². The van der Waals surface area contributed by atoms with Gasteiger partial charge in [0, 0.05) is 28.1 Å². The van der Waals surface area contributed by atoms with E-state index in [1.165, 1.54) is 5.56 Å². The van der Waals surface area contributed by atoms with E-state index >= 15 is 0 Å². The fraction of sp³-hybridized carbons (Fsp3) is 0.148. The van der Waals surface area contributed by atoms with Gasteiger partial charge in [-0.25, -0.2) is 5.43 Å². The Labute approximate surface area is 191 Å². The van der Waals surface area contributed by atoms with Gasteiger partial charge in [-0.3, -0.25) is 9.59 Å². The van der Waals surface area contributed by atoms with Crippen molar-refractivity contribution >= 4 is 34.6 Å². The molecule has 0 fully saturated rings. The number of aromatic nitrogens is 1. The number of aryl methyl sites for hydroxylation is 1. The summed E-state index contributed by atoms with van der Waals surface area (Å²) < 4.78 is 0. The van der Waals surface area contributed by atoms with Gasteiger partial charge in [0.25, 0.3) is 5.91 Å². The van der Waals surface area contributed by atoms with Gasteiger partial charge in [-0.05, 0) is 36.1 Å². The first-order valence-electron chi connectivity index (χ1n) is 11.0. The van der Waals surface area contributed by atoms with Crippen molar-refractivity contribution < 1.29 is 9.59 Å². The first-order chi connectivity index (χ1) is 16.1. The first kappa shape index (κ1) is 20.7. The Balaban J connectivity index is 1.44. The highest BCUT2D eigenvalue weighted by Crippen LogP contribution is 2.34. The van der Waals surface area contributed by atoms with E-state index in [4.69, 9.17) is 0 Å². The molecule has 0 aliphatic carbocycles. The minimum absolute atomic E-state index is 0.0715. The Bertz CT molecular complexity index is 1360. The van der Waals surface area contributed by atoms with Crippen molar-refractivity contribution in [1.29, 1.82) is 0 Å². The van der Waals surface area contributed by atoms with Crippen LogP contribution in [0.3, 0.4) is 0 Å². The van der Waals surface area contributed by atoms with Crippen LogP contribution in [0, 0.1) is 5.92 Å². The van der Waals surface area contributed by atoms with Gasteiger partial charge in [0.15, 0.2) is 0 Å². The topological polar surface area (TPSA) is 86.3 Å². The van der Waals surface area contributed by atoms with Crippen LogP contribution in [0.2, 0.25) is 0 Å². The quantitative estimate of drug-likeness (QED) is 0.392. The Morgan fingerprint density at radius 2 is 1.76 bits per heavy atom. The number of hydrogen-bond donors (Lipinski definition) is 3. The number of anilines is 1. The van der Waals surface area contributed by atoms with Gasteiger partial charge in [0.05, 0.1) is 17.5 Å². The van der Waals surface area contributed by atoms with Crippen LogP contribution in [0.15, 0.2) is 77.9 Å². The van der Waals surface area contributed by atoms with E-state index in [2.05, 4.69) is 33.0 Å². The van der Waals surface area contributed by atoms with Gasteiger partial charge in [0.2, 0.25) is 5.91 Å². The smallest absolute Gasteiger partial charge is 0.272 e. The van der Waals surface area contributed by atoms with Crippen LogP contribution in [-0.2, 0) is 11.2 Å². The number of carbonyl (C=O) groups is 2. The molecule has 164 valence electrons. The molecule has 3 aromatic carbocycles. The minimum atomic E-state index is -0.304. The standard InChI is InChI=1S/C27H24N4O2/c1-17(12-13-18-8-4-2-5-9-18)26(32)29-20-14-21-24-22(16-28-31-27(21)33)25(30-23(24)15-20)19-10-6-3-7-11-19/h2-11,14-17,30H,12-13H2,1H3,(H,29,32)(H,31,33)/t17-/m0/s1. The lowest BCUT2D eigenvalue weighted by Gasteiger charge is -2.13. The molecule has 6 heteroatoms. The summed E-state index contributed by atoms with van der Waals surface area (Å²) >= 11 is 0. The number of nitrogens with zero attached hydrogens (tertiary/aromatic N) is 1. The highest BCUT2D eigenvalue weighted by molar-refractivity contribution is 6.18. The van der Waals surface area contributed by atoms with Crippen molar-refractivity contribution in [3.63, 3.8) is 0 Å². The monoisotopic (exact) mass is 436 g/mol. The molecule has 6 nitrogen and oxygen atoms in total. The van der Waals surface area contributed by atoms with Gasteiger partial charge >= 0.3 is 0 Å². The number of nitrogens with one attached hydrogen (secondary N) is 3. The van der Waals surface area contributed by atoms with E-state index in [1.54, 1.807) is 12.3 Å². The van der Waals surface area contributed by atoms with Crippen molar-refractivity contribution in [2.75, 3.05) is 5.32 Å². The predicted molar refractivity (Wildman–Crippen MR) is 131 cm³/mol. The molecule has 4 aromatic rings. The number of hydrazone groups is 1. The Kier molecular flexibility index (Phi) is 5.48. The third kappa shape index (κ3) is 4.15. The van der Waals surface area contributed by atoms with E-state index in [0.717, 1.165) is 40.6 Å². The van der Waals surface area contributed by atoms with Crippen molar-refractivity contribution in [3.8, 4) is 11.3 Å². The Morgan fingerprint density at radius 3 is 2.52 bits per heavy atom. The van der Waals surface area contributed by atoms with Gasteiger partial charge in [0.1, 0.15) is 0 Å². The van der Waals surface area contributed by atoms with Crippen LogP contribution < -0.4 is 10.7 Å². The third-order valence-corrected chi connectivity index (χ3v) is 6.03. The maximum atomic E-state index is 12.9. The molecule has 3 N–H and O–H groups in total. The zero-order chi connectivity index (χ0) is 22.8. The normalized spacial score (nSPS) is 13.4. The zero-order valence-electron chi connectivity index (χ0n) is 18.3. The van der Waals surface area contributed by atoms with E-state index in [0.29, 0.717) is 11.3 Å².